The van der Waals surface area contributed by atoms with Crippen LogP contribution in [0.25, 0.3) is 0 Å². The summed E-state index contributed by atoms with van der Waals surface area (Å²) in [5, 5.41) is 3.22. The molecular weight excluding hydrogens is 630 g/mol. The largest absolute Gasteiger partial charge is 0.494 e. The minimum Gasteiger partial charge on any atom is -0.494 e. The predicted molar refractivity (Wildman–Crippen MR) is 173 cm³/mol. The predicted octanol–water partition coefficient (Wildman–Crippen LogP) is 5.70. The summed E-state index contributed by atoms with van der Waals surface area (Å²) >= 11 is 3.46. The SMILES string of the molecule is CCOc1ccc(N(CC(=O)N(Cc2ccc(Br)cc2)[C@H](Cc2ccccc2)C(=O)NC2CCCCC2)S(C)(=O)=O)cc1. The molecule has 0 radical (unpaired) electrons. The van der Waals surface area contributed by atoms with E-state index in [1.165, 1.54) is 4.90 Å². The number of nitrogens with one attached hydrogen (secondary N) is 1. The summed E-state index contributed by atoms with van der Waals surface area (Å²) in [6, 6.07) is 23.0. The highest BCUT2D eigenvalue weighted by Gasteiger charge is 2.34. The Morgan fingerprint density at radius 1 is 0.930 bits per heavy atom. The molecule has 8 nitrogen and oxygen atoms in total. The van der Waals surface area contributed by atoms with Crippen LogP contribution in [-0.2, 0) is 32.6 Å². The van der Waals surface area contributed by atoms with E-state index in [1.807, 2.05) is 61.5 Å². The highest BCUT2D eigenvalue weighted by atomic mass is 79.9. The molecule has 0 heterocycles. The molecule has 230 valence electrons. The van der Waals surface area contributed by atoms with Crippen molar-refractivity contribution in [1.82, 2.24) is 10.2 Å². The Hall–Kier alpha value is -3.37. The fourth-order valence-electron chi connectivity index (χ4n) is 5.37. The second-order valence-corrected chi connectivity index (χ2v) is 13.7. The Balaban J connectivity index is 1.70. The van der Waals surface area contributed by atoms with E-state index in [-0.39, 0.29) is 18.5 Å². The van der Waals surface area contributed by atoms with Crippen LogP contribution >= 0.6 is 15.9 Å². The molecule has 0 unspecified atom stereocenters. The fourth-order valence-corrected chi connectivity index (χ4v) is 6.49. The summed E-state index contributed by atoms with van der Waals surface area (Å²) in [4.78, 5) is 29.8. The fraction of sp³-hybridized carbons (Fsp3) is 0.394. The number of ether oxygens (including phenoxy) is 1. The zero-order valence-electron chi connectivity index (χ0n) is 24.7. The van der Waals surface area contributed by atoms with E-state index < -0.39 is 28.5 Å². The quantitative estimate of drug-likeness (QED) is 0.252. The van der Waals surface area contributed by atoms with Gasteiger partial charge >= 0.3 is 0 Å². The lowest BCUT2D eigenvalue weighted by Gasteiger charge is -2.35. The van der Waals surface area contributed by atoms with E-state index in [2.05, 4.69) is 21.2 Å². The smallest absolute Gasteiger partial charge is 0.244 e. The molecule has 3 aromatic carbocycles. The molecule has 1 aliphatic carbocycles. The van der Waals surface area contributed by atoms with Gasteiger partial charge in [-0.15, -0.1) is 0 Å². The number of halogens is 1. The van der Waals surface area contributed by atoms with E-state index in [4.69, 9.17) is 4.74 Å². The molecular formula is C33H40BrN3O5S. The third kappa shape index (κ3) is 9.56. The van der Waals surface area contributed by atoms with Gasteiger partial charge in [0, 0.05) is 23.5 Å². The van der Waals surface area contributed by atoms with Gasteiger partial charge in [-0.25, -0.2) is 8.42 Å². The number of anilines is 1. The maximum absolute atomic E-state index is 14.2. The second-order valence-electron chi connectivity index (χ2n) is 10.9. The maximum Gasteiger partial charge on any atom is 0.244 e. The van der Waals surface area contributed by atoms with Crippen molar-refractivity contribution in [3.63, 3.8) is 0 Å². The number of sulfonamides is 1. The van der Waals surface area contributed by atoms with E-state index in [1.54, 1.807) is 24.3 Å². The van der Waals surface area contributed by atoms with Crippen molar-refractivity contribution in [2.45, 2.75) is 64.1 Å². The van der Waals surface area contributed by atoms with Gasteiger partial charge in [-0.3, -0.25) is 13.9 Å². The van der Waals surface area contributed by atoms with Gasteiger partial charge in [-0.1, -0.05) is 77.7 Å². The first-order valence-electron chi connectivity index (χ1n) is 14.7. The van der Waals surface area contributed by atoms with Gasteiger partial charge in [0.2, 0.25) is 21.8 Å². The third-order valence-corrected chi connectivity index (χ3v) is 9.27. The van der Waals surface area contributed by atoms with Crippen molar-refractivity contribution >= 4 is 43.5 Å². The normalized spacial score (nSPS) is 14.5. The molecule has 1 saturated carbocycles. The lowest BCUT2D eigenvalue weighted by Crippen LogP contribution is -2.55. The standard InChI is InChI=1S/C33H40BrN3O5S/c1-3-42-30-20-18-29(19-21-30)37(43(2,40)41)24-32(38)36(23-26-14-16-27(34)17-15-26)31(22-25-10-6-4-7-11-25)33(39)35-28-12-8-5-9-13-28/h4,6-7,10-11,14-21,28,31H,3,5,8-9,12-13,22-24H2,1-2H3,(H,35,39)/t31-/m1/s1. The van der Waals surface area contributed by atoms with Gasteiger partial charge in [0.05, 0.1) is 18.6 Å². The van der Waals surface area contributed by atoms with Crippen LogP contribution in [0.2, 0.25) is 0 Å². The molecule has 0 saturated heterocycles. The monoisotopic (exact) mass is 669 g/mol. The van der Waals surface area contributed by atoms with Gasteiger partial charge in [-0.05, 0) is 67.3 Å². The lowest BCUT2D eigenvalue weighted by atomic mass is 9.94. The van der Waals surface area contributed by atoms with Crippen molar-refractivity contribution < 1.29 is 22.7 Å². The molecule has 1 atom stereocenters. The van der Waals surface area contributed by atoms with Gasteiger partial charge in [0.1, 0.15) is 18.3 Å². The zero-order valence-corrected chi connectivity index (χ0v) is 27.1. The van der Waals surface area contributed by atoms with Crippen LogP contribution in [0.3, 0.4) is 0 Å². The van der Waals surface area contributed by atoms with E-state index in [9.17, 15) is 18.0 Å². The highest BCUT2D eigenvalue weighted by Crippen LogP contribution is 2.24. The van der Waals surface area contributed by atoms with Gasteiger partial charge in [-0.2, -0.15) is 0 Å². The third-order valence-electron chi connectivity index (χ3n) is 7.60. The lowest BCUT2D eigenvalue weighted by molar-refractivity contribution is -0.140. The van der Waals surface area contributed by atoms with Crippen molar-refractivity contribution in [2.24, 2.45) is 0 Å². The van der Waals surface area contributed by atoms with E-state index >= 15 is 0 Å². The van der Waals surface area contributed by atoms with Crippen molar-refractivity contribution in [3.05, 3.63) is 94.5 Å². The Labute approximate surface area is 263 Å². The summed E-state index contributed by atoms with van der Waals surface area (Å²) in [6.45, 7) is 2.03. The Kier molecular flexibility index (Phi) is 11.6. The molecule has 0 bridgehead atoms. The number of hydrogen-bond acceptors (Lipinski definition) is 5. The van der Waals surface area contributed by atoms with Crippen LogP contribution in [0.5, 0.6) is 5.75 Å². The number of nitrogens with zero attached hydrogens (tertiary/aromatic N) is 2. The van der Waals surface area contributed by atoms with Crippen molar-refractivity contribution in [2.75, 3.05) is 23.7 Å². The second kappa shape index (κ2) is 15.4. The Morgan fingerprint density at radius 3 is 2.19 bits per heavy atom. The summed E-state index contributed by atoms with van der Waals surface area (Å²) in [5.41, 5.74) is 2.08. The number of hydrogen-bond donors (Lipinski definition) is 1. The van der Waals surface area contributed by atoms with E-state index in [0.29, 0.717) is 24.5 Å². The minimum absolute atomic E-state index is 0.0560. The van der Waals surface area contributed by atoms with Gasteiger partial charge < -0.3 is 15.0 Å². The maximum atomic E-state index is 14.2. The molecule has 10 heteroatoms. The molecule has 0 spiro atoms. The molecule has 3 aromatic rings. The number of carbonyl (C=O) groups excluding carboxylic acids is 2. The van der Waals surface area contributed by atoms with Crippen LogP contribution in [0.1, 0.15) is 50.2 Å². The number of amides is 2. The summed E-state index contributed by atoms with van der Waals surface area (Å²) in [5.74, 6) is -0.0969. The molecule has 2 amide bonds. The number of carbonyl (C=O) groups is 2. The first-order chi connectivity index (χ1) is 20.6. The van der Waals surface area contributed by atoms with Crippen LogP contribution < -0.4 is 14.4 Å². The van der Waals surface area contributed by atoms with Crippen LogP contribution in [0.15, 0.2) is 83.3 Å². The van der Waals surface area contributed by atoms with Crippen LogP contribution in [-0.4, -0.2) is 56.6 Å². The first-order valence-corrected chi connectivity index (χ1v) is 17.4. The van der Waals surface area contributed by atoms with Gasteiger partial charge in [0.15, 0.2) is 0 Å². The summed E-state index contributed by atoms with van der Waals surface area (Å²) in [6.07, 6.45) is 6.45. The molecule has 1 N–H and O–H groups in total. The molecule has 4 rings (SSSR count). The average Bonchev–Trinajstić information content (AvgIpc) is 2.99. The molecule has 43 heavy (non-hydrogen) atoms. The minimum atomic E-state index is -3.84. The average molecular weight is 671 g/mol. The molecule has 1 fully saturated rings. The Bertz CT molecular complexity index is 1440. The Morgan fingerprint density at radius 2 is 1.58 bits per heavy atom. The van der Waals surface area contributed by atoms with Gasteiger partial charge in [0.25, 0.3) is 0 Å². The van der Waals surface area contributed by atoms with Crippen molar-refractivity contribution in [1.29, 1.82) is 0 Å². The summed E-state index contributed by atoms with van der Waals surface area (Å²) in [7, 11) is -3.84. The van der Waals surface area contributed by atoms with Crippen LogP contribution in [0, 0.1) is 0 Å². The number of rotatable bonds is 13. The topological polar surface area (TPSA) is 96.0 Å². The molecule has 0 aliphatic heterocycles. The summed E-state index contributed by atoms with van der Waals surface area (Å²) < 4.78 is 33.5. The van der Waals surface area contributed by atoms with Crippen LogP contribution in [0.4, 0.5) is 5.69 Å². The highest BCUT2D eigenvalue weighted by molar-refractivity contribution is 9.10. The van der Waals surface area contributed by atoms with E-state index in [0.717, 1.165) is 58.3 Å². The van der Waals surface area contributed by atoms with Crippen molar-refractivity contribution in [3.8, 4) is 5.75 Å². The number of benzene rings is 3. The molecule has 1 aliphatic rings. The first kappa shape index (κ1) is 32.5. The molecule has 0 aromatic heterocycles. The zero-order chi connectivity index (χ0) is 30.8.